The van der Waals surface area contributed by atoms with Gasteiger partial charge >= 0.3 is 11.7 Å². The average molecular weight is 226 g/mol. The molecular formula is C10H14N2O4. The minimum atomic E-state index is -0.621. The Kier molecular flexibility index (Phi) is 4.50. The number of hydrogen-bond acceptors (Lipinski definition) is 4. The molecule has 1 aromatic rings. The second-order valence-electron chi connectivity index (χ2n) is 3.36. The number of nitrogens with one attached hydrogen (secondary N) is 2. The minimum Gasteiger partial charge on any atom is -0.465 e. The lowest BCUT2D eigenvalue weighted by Crippen LogP contribution is -2.24. The van der Waals surface area contributed by atoms with Crippen LogP contribution in [0.5, 0.6) is 0 Å². The van der Waals surface area contributed by atoms with Crippen LogP contribution in [0.15, 0.2) is 15.7 Å². The number of rotatable bonds is 5. The summed E-state index contributed by atoms with van der Waals surface area (Å²) in [6, 6.07) is 1.17. The van der Waals surface area contributed by atoms with Gasteiger partial charge in [-0.2, -0.15) is 0 Å². The Hall–Kier alpha value is -1.85. The first-order valence-corrected chi connectivity index (χ1v) is 5.10. The number of aromatic nitrogens is 2. The summed E-state index contributed by atoms with van der Waals surface area (Å²) in [5.74, 6) is -0.449. The summed E-state index contributed by atoms with van der Waals surface area (Å²) in [4.78, 5) is 37.4. The standard InChI is InChI=1S/C10H14N2O4/c1-2-3-4-16-9(14)6-7-5-8(13)12-10(15)11-7/h5H,2-4,6H2,1H3,(H2,11,12,13,15). The van der Waals surface area contributed by atoms with Crippen LogP contribution in [-0.4, -0.2) is 22.5 Å². The van der Waals surface area contributed by atoms with E-state index in [0.29, 0.717) is 6.61 Å². The molecule has 0 bridgehead atoms. The van der Waals surface area contributed by atoms with Crippen LogP contribution < -0.4 is 11.2 Å². The molecule has 0 aliphatic carbocycles. The van der Waals surface area contributed by atoms with Crippen molar-refractivity contribution in [1.82, 2.24) is 9.97 Å². The molecule has 0 aliphatic heterocycles. The lowest BCUT2D eigenvalue weighted by atomic mass is 10.3. The van der Waals surface area contributed by atoms with Gasteiger partial charge in [-0.3, -0.25) is 14.6 Å². The monoisotopic (exact) mass is 226 g/mol. The van der Waals surface area contributed by atoms with Crippen LogP contribution in [0.3, 0.4) is 0 Å². The SMILES string of the molecule is CCCCOC(=O)Cc1cc(=O)[nH]c(=O)[nH]1. The molecule has 0 saturated heterocycles. The molecule has 88 valence electrons. The second kappa shape index (κ2) is 5.89. The summed E-state index contributed by atoms with van der Waals surface area (Å²) in [6.45, 7) is 2.35. The first-order valence-electron chi connectivity index (χ1n) is 5.10. The van der Waals surface area contributed by atoms with Crippen molar-refractivity contribution in [3.8, 4) is 0 Å². The van der Waals surface area contributed by atoms with Crippen LogP contribution in [0.25, 0.3) is 0 Å². The van der Waals surface area contributed by atoms with Gasteiger partial charge in [0.15, 0.2) is 0 Å². The van der Waals surface area contributed by atoms with Gasteiger partial charge in [-0.15, -0.1) is 0 Å². The quantitative estimate of drug-likeness (QED) is 0.544. The van der Waals surface area contributed by atoms with E-state index in [-0.39, 0.29) is 12.1 Å². The summed E-state index contributed by atoms with van der Waals surface area (Å²) in [5.41, 5.74) is -0.890. The molecule has 6 nitrogen and oxygen atoms in total. The normalized spacial score (nSPS) is 10.1. The van der Waals surface area contributed by atoms with Crippen molar-refractivity contribution in [2.24, 2.45) is 0 Å². The zero-order valence-corrected chi connectivity index (χ0v) is 9.04. The Morgan fingerprint density at radius 2 is 2.12 bits per heavy atom. The van der Waals surface area contributed by atoms with Crippen molar-refractivity contribution < 1.29 is 9.53 Å². The van der Waals surface area contributed by atoms with Gasteiger partial charge in [-0.1, -0.05) is 13.3 Å². The number of unbranched alkanes of at least 4 members (excludes halogenated alkanes) is 1. The molecule has 0 aromatic carbocycles. The lowest BCUT2D eigenvalue weighted by molar-refractivity contribution is -0.143. The van der Waals surface area contributed by atoms with Crippen LogP contribution in [-0.2, 0) is 16.0 Å². The van der Waals surface area contributed by atoms with Crippen molar-refractivity contribution in [3.05, 3.63) is 32.6 Å². The molecule has 0 aliphatic rings. The molecule has 0 unspecified atom stereocenters. The zero-order chi connectivity index (χ0) is 12.0. The third kappa shape index (κ3) is 4.12. The first-order chi connectivity index (χ1) is 7.61. The molecule has 2 N–H and O–H groups in total. The molecule has 0 saturated carbocycles. The summed E-state index contributed by atoms with van der Waals surface area (Å²) in [6.07, 6.45) is 1.65. The summed E-state index contributed by atoms with van der Waals surface area (Å²) < 4.78 is 4.89. The van der Waals surface area contributed by atoms with Crippen molar-refractivity contribution in [1.29, 1.82) is 0 Å². The maximum Gasteiger partial charge on any atom is 0.325 e. The van der Waals surface area contributed by atoms with Gasteiger partial charge in [-0.05, 0) is 6.42 Å². The Morgan fingerprint density at radius 3 is 2.75 bits per heavy atom. The van der Waals surface area contributed by atoms with Crippen LogP contribution in [0.2, 0.25) is 0 Å². The molecule has 6 heteroatoms. The highest BCUT2D eigenvalue weighted by Gasteiger charge is 2.06. The van der Waals surface area contributed by atoms with E-state index in [1.54, 1.807) is 0 Å². The minimum absolute atomic E-state index is 0.0944. The fourth-order valence-corrected chi connectivity index (χ4v) is 1.15. The number of carbonyl (C=O) groups is 1. The smallest absolute Gasteiger partial charge is 0.325 e. The Bertz CT molecular complexity index is 432. The van der Waals surface area contributed by atoms with Crippen molar-refractivity contribution in [2.45, 2.75) is 26.2 Å². The van der Waals surface area contributed by atoms with E-state index in [1.807, 2.05) is 11.9 Å². The number of hydrogen-bond donors (Lipinski definition) is 2. The van der Waals surface area contributed by atoms with Crippen LogP contribution in [0.1, 0.15) is 25.5 Å². The highest BCUT2D eigenvalue weighted by molar-refractivity contribution is 5.71. The fraction of sp³-hybridized carbons (Fsp3) is 0.500. The molecule has 1 heterocycles. The molecule has 1 rings (SSSR count). The van der Waals surface area contributed by atoms with E-state index in [9.17, 15) is 14.4 Å². The number of H-pyrrole nitrogens is 2. The van der Waals surface area contributed by atoms with Gasteiger partial charge in [-0.25, -0.2) is 4.79 Å². The van der Waals surface area contributed by atoms with E-state index < -0.39 is 17.2 Å². The Balaban J connectivity index is 2.56. The molecule has 0 radical (unpaired) electrons. The molecular weight excluding hydrogens is 212 g/mol. The van der Waals surface area contributed by atoms with E-state index >= 15 is 0 Å². The van der Waals surface area contributed by atoms with Gasteiger partial charge < -0.3 is 9.72 Å². The molecule has 0 fully saturated rings. The van der Waals surface area contributed by atoms with Crippen LogP contribution in [0.4, 0.5) is 0 Å². The molecule has 0 spiro atoms. The first kappa shape index (κ1) is 12.2. The van der Waals surface area contributed by atoms with E-state index in [1.165, 1.54) is 6.07 Å². The van der Waals surface area contributed by atoms with Crippen molar-refractivity contribution in [2.75, 3.05) is 6.61 Å². The van der Waals surface area contributed by atoms with Gasteiger partial charge in [0.1, 0.15) is 0 Å². The van der Waals surface area contributed by atoms with Gasteiger partial charge in [0.2, 0.25) is 0 Å². The number of ether oxygens (including phenoxy) is 1. The summed E-state index contributed by atoms with van der Waals surface area (Å²) >= 11 is 0. The maximum atomic E-state index is 11.3. The van der Waals surface area contributed by atoms with Gasteiger partial charge in [0.05, 0.1) is 13.0 Å². The van der Waals surface area contributed by atoms with E-state index in [2.05, 4.69) is 4.98 Å². The lowest BCUT2D eigenvalue weighted by Gasteiger charge is -2.03. The van der Waals surface area contributed by atoms with Crippen LogP contribution >= 0.6 is 0 Å². The third-order valence-electron chi connectivity index (χ3n) is 1.91. The molecule has 0 amide bonds. The molecule has 0 atom stereocenters. The highest BCUT2D eigenvalue weighted by atomic mass is 16.5. The van der Waals surface area contributed by atoms with Crippen molar-refractivity contribution >= 4 is 5.97 Å². The number of aromatic amines is 2. The molecule has 16 heavy (non-hydrogen) atoms. The summed E-state index contributed by atoms with van der Waals surface area (Å²) in [5, 5.41) is 0. The third-order valence-corrected chi connectivity index (χ3v) is 1.91. The van der Waals surface area contributed by atoms with Crippen molar-refractivity contribution in [3.63, 3.8) is 0 Å². The maximum absolute atomic E-state index is 11.3. The van der Waals surface area contributed by atoms with Gasteiger partial charge in [0, 0.05) is 11.8 Å². The second-order valence-corrected chi connectivity index (χ2v) is 3.36. The Morgan fingerprint density at radius 1 is 1.38 bits per heavy atom. The predicted molar refractivity (Wildman–Crippen MR) is 57.3 cm³/mol. The molecule has 1 aromatic heterocycles. The topological polar surface area (TPSA) is 92.0 Å². The fourth-order valence-electron chi connectivity index (χ4n) is 1.15. The highest BCUT2D eigenvalue weighted by Crippen LogP contribution is 1.94. The number of esters is 1. The van der Waals surface area contributed by atoms with E-state index in [0.717, 1.165) is 12.8 Å². The largest absolute Gasteiger partial charge is 0.465 e. The van der Waals surface area contributed by atoms with Crippen LogP contribution in [0, 0.1) is 0 Å². The predicted octanol–water partition coefficient (Wildman–Crippen LogP) is -0.0510. The van der Waals surface area contributed by atoms with E-state index in [4.69, 9.17) is 4.74 Å². The zero-order valence-electron chi connectivity index (χ0n) is 9.04. The number of carbonyl (C=O) groups excluding carboxylic acids is 1. The summed E-state index contributed by atoms with van der Waals surface area (Å²) in [7, 11) is 0. The van der Waals surface area contributed by atoms with Gasteiger partial charge in [0.25, 0.3) is 5.56 Å². The average Bonchev–Trinajstić information content (AvgIpc) is 2.16. The Labute approximate surface area is 91.7 Å².